The zero-order chi connectivity index (χ0) is 10.6. The molecule has 0 fully saturated rings. The highest BCUT2D eigenvalue weighted by Gasteiger charge is 2.15. The van der Waals surface area contributed by atoms with Crippen molar-refractivity contribution < 1.29 is 13.5 Å². The van der Waals surface area contributed by atoms with Gasteiger partial charge in [0.2, 0.25) is 10.0 Å². The fraction of sp³-hybridized carbons (Fsp3) is 0.429. The predicted molar refractivity (Wildman–Crippen MR) is 58.9 cm³/mol. The van der Waals surface area contributed by atoms with Gasteiger partial charge in [-0.1, -0.05) is 0 Å². The van der Waals surface area contributed by atoms with Gasteiger partial charge in [-0.05, 0) is 34.5 Å². The van der Waals surface area contributed by atoms with E-state index in [1.165, 1.54) is 6.07 Å². The first-order valence-electron chi connectivity index (χ1n) is 3.92. The highest BCUT2D eigenvalue weighted by atomic mass is 79.9. The molecular formula is C7H10BrNO3S2. The van der Waals surface area contributed by atoms with E-state index in [0.29, 0.717) is 6.42 Å². The van der Waals surface area contributed by atoms with Crippen molar-refractivity contribution in [3.8, 4) is 0 Å². The number of thiophene rings is 1. The molecule has 0 saturated carbocycles. The minimum atomic E-state index is -3.38. The first kappa shape index (κ1) is 12.1. The second-order valence-electron chi connectivity index (χ2n) is 2.53. The predicted octanol–water partition coefficient (Wildman–Crippen LogP) is 1.17. The van der Waals surface area contributed by atoms with Crippen molar-refractivity contribution in [1.82, 2.24) is 4.72 Å². The molecule has 7 heteroatoms. The molecule has 0 saturated heterocycles. The van der Waals surface area contributed by atoms with E-state index in [4.69, 9.17) is 5.11 Å². The lowest BCUT2D eigenvalue weighted by Crippen LogP contribution is -2.24. The second kappa shape index (κ2) is 5.22. The quantitative estimate of drug-likeness (QED) is 0.802. The Morgan fingerprint density at radius 1 is 1.50 bits per heavy atom. The number of rotatable bonds is 5. The van der Waals surface area contributed by atoms with E-state index in [9.17, 15) is 8.42 Å². The standard InChI is InChI=1S/C7H10BrNO3S2/c8-6-2-3-7(13-6)14(11,12)9-4-1-5-10/h2-3,9-10H,1,4-5H2. The summed E-state index contributed by atoms with van der Waals surface area (Å²) in [6, 6.07) is 3.22. The van der Waals surface area contributed by atoms with Gasteiger partial charge in [-0.15, -0.1) is 11.3 Å². The minimum absolute atomic E-state index is 0.0172. The Balaban J connectivity index is 2.66. The van der Waals surface area contributed by atoms with Crippen molar-refractivity contribution in [2.45, 2.75) is 10.6 Å². The van der Waals surface area contributed by atoms with Crippen molar-refractivity contribution in [3.63, 3.8) is 0 Å². The molecule has 1 rings (SSSR count). The number of hydrogen-bond acceptors (Lipinski definition) is 4. The topological polar surface area (TPSA) is 66.4 Å². The maximum absolute atomic E-state index is 11.5. The fourth-order valence-electron chi connectivity index (χ4n) is 0.799. The maximum atomic E-state index is 11.5. The maximum Gasteiger partial charge on any atom is 0.250 e. The molecular weight excluding hydrogens is 290 g/mol. The van der Waals surface area contributed by atoms with Gasteiger partial charge < -0.3 is 5.11 Å². The van der Waals surface area contributed by atoms with Crippen molar-refractivity contribution in [2.24, 2.45) is 0 Å². The van der Waals surface area contributed by atoms with Gasteiger partial charge in [0, 0.05) is 13.2 Å². The van der Waals surface area contributed by atoms with Crippen LogP contribution in [0.1, 0.15) is 6.42 Å². The summed E-state index contributed by atoms with van der Waals surface area (Å²) in [6.45, 7) is 0.241. The first-order valence-corrected chi connectivity index (χ1v) is 7.01. The molecule has 0 bridgehead atoms. The van der Waals surface area contributed by atoms with Crippen molar-refractivity contribution in [3.05, 3.63) is 15.9 Å². The summed E-state index contributed by atoms with van der Waals surface area (Å²) in [7, 11) is -3.38. The summed E-state index contributed by atoms with van der Waals surface area (Å²) in [5.41, 5.74) is 0. The first-order chi connectivity index (χ1) is 6.56. The third-order valence-electron chi connectivity index (χ3n) is 1.44. The van der Waals surface area contributed by atoms with Gasteiger partial charge in [-0.2, -0.15) is 0 Å². The molecule has 1 aromatic heterocycles. The van der Waals surface area contributed by atoms with Gasteiger partial charge >= 0.3 is 0 Å². The molecule has 0 aliphatic rings. The van der Waals surface area contributed by atoms with Gasteiger partial charge in [-0.25, -0.2) is 13.1 Å². The molecule has 80 valence electrons. The third kappa shape index (κ3) is 3.32. The van der Waals surface area contributed by atoms with Crippen LogP contribution in [0.3, 0.4) is 0 Å². The molecule has 0 aliphatic carbocycles. The van der Waals surface area contributed by atoms with Crippen LogP contribution in [-0.4, -0.2) is 26.7 Å². The lowest BCUT2D eigenvalue weighted by Gasteiger charge is -2.02. The molecule has 1 aromatic rings. The highest BCUT2D eigenvalue weighted by Crippen LogP contribution is 2.25. The Morgan fingerprint density at radius 3 is 2.71 bits per heavy atom. The Hall–Kier alpha value is 0.0500. The van der Waals surface area contributed by atoms with Crippen LogP contribution < -0.4 is 4.72 Å². The van der Waals surface area contributed by atoms with Crippen LogP contribution in [0.4, 0.5) is 0 Å². The monoisotopic (exact) mass is 299 g/mol. The van der Waals surface area contributed by atoms with E-state index in [2.05, 4.69) is 20.7 Å². The highest BCUT2D eigenvalue weighted by molar-refractivity contribution is 9.11. The average molecular weight is 300 g/mol. The Bertz CT molecular complexity index is 387. The zero-order valence-electron chi connectivity index (χ0n) is 7.23. The molecule has 2 N–H and O–H groups in total. The third-order valence-corrected chi connectivity index (χ3v) is 5.02. The number of aliphatic hydroxyl groups excluding tert-OH is 1. The second-order valence-corrected chi connectivity index (χ2v) is 6.99. The molecule has 0 atom stereocenters. The smallest absolute Gasteiger partial charge is 0.250 e. The fourth-order valence-corrected chi connectivity index (χ4v) is 3.93. The van der Waals surface area contributed by atoms with E-state index in [-0.39, 0.29) is 17.4 Å². The van der Waals surface area contributed by atoms with Gasteiger partial charge in [-0.3, -0.25) is 0 Å². The summed E-state index contributed by atoms with van der Waals surface area (Å²) in [5.74, 6) is 0. The lowest BCUT2D eigenvalue weighted by molar-refractivity contribution is 0.289. The zero-order valence-corrected chi connectivity index (χ0v) is 10.5. The van der Waals surface area contributed by atoms with Crippen LogP contribution in [0.5, 0.6) is 0 Å². The molecule has 4 nitrogen and oxygen atoms in total. The lowest BCUT2D eigenvalue weighted by atomic mass is 10.5. The van der Waals surface area contributed by atoms with E-state index in [1.54, 1.807) is 6.07 Å². The molecule has 14 heavy (non-hydrogen) atoms. The van der Waals surface area contributed by atoms with Crippen molar-refractivity contribution >= 4 is 37.3 Å². The van der Waals surface area contributed by atoms with Crippen LogP contribution in [0, 0.1) is 0 Å². The summed E-state index contributed by atoms with van der Waals surface area (Å²) < 4.78 is 26.5. The average Bonchev–Trinajstić information content (AvgIpc) is 2.53. The molecule has 0 unspecified atom stereocenters. The summed E-state index contributed by atoms with van der Waals surface area (Å²) in [6.07, 6.45) is 0.422. The Labute approximate surface area is 95.1 Å². The number of nitrogens with one attached hydrogen (secondary N) is 1. The Morgan fingerprint density at radius 2 is 2.21 bits per heavy atom. The number of aliphatic hydroxyl groups is 1. The van der Waals surface area contributed by atoms with Crippen LogP contribution in [-0.2, 0) is 10.0 Å². The van der Waals surface area contributed by atoms with E-state index < -0.39 is 10.0 Å². The van der Waals surface area contributed by atoms with Crippen LogP contribution in [0.25, 0.3) is 0 Å². The van der Waals surface area contributed by atoms with Gasteiger partial charge in [0.25, 0.3) is 0 Å². The number of sulfonamides is 1. The summed E-state index contributed by atoms with van der Waals surface area (Å²) >= 11 is 4.35. The summed E-state index contributed by atoms with van der Waals surface area (Å²) in [5, 5.41) is 8.50. The SMILES string of the molecule is O=S(=O)(NCCCO)c1ccc(Br)s1. The molecule has 0 aromatic carbocycles. The van der Waals surface area contributed by atoms with Crippen LogP contribution in [0.15, 0.2) is 20.1 Å². The number of halogens is 1. The molecule has 0 spiro atoms. The molecule has 1 heterocycles. The van der Waals surface area contributed by atoms with Gasteiger partial charge in [0.15, 0.2) is 0 Å². The van der Waals surface area contributed by atoms with E-state index in [1.807, 2.05) is 0 Å². The largest absolute Gasteiger partial charge is 0.396 e. The minimum Gasteiger partial charge on any atom is -0.396 e. The van der Waals surface area contributed by atoms with E-state index >= 15 is 0 Å². The Kier molecular flexibility index (Phi) is 4.52. The van der Waals surface area contributed by atoms with Crippen LogP contribution >= 0.6 is 27.3 Å². The number of hydrogen-bond donors (Lipinski definition) is 2. The normalized spacial score (nSPS) is 11.9. The van der Waals surface area contributed by atoms with E-state index in [0.717, 1.165) is 15.1 Å². The summed E-state index contributed by atoms with van der Waals surface area (Å²) in [4.78, 5) is 0. The van der Waals surface area contributed by atoms with Gasteiger partial charge in [0.05, 0.1) is 3.79 Å². The van der Waals surface area contributed by atoms with Gasteiger partial charge in [0.1, 0.15) is 4.21 Å². The molecule has 0 aliphatic heterocycles. The van der Waals surface area contributed by atoms with Crippen molar-refractivity contribution in [1.29, 1.82) is 0 Å². The molecule has 0 amide bonds. The molecule has 0 radical (unpaired) electrons. The van der Waals surface area contributed by atoms with Crippen molar-refractivity contribution in [2.75, 3.05) is 13.2 Å². The van der Waals surface area contributed by atoms with Crippen LogP contribution in [0.2, 0.25) is 0 Å².